The first kappa shape index (κ1) is 23.7. The van der Waals surface area contributed by atoms with Gasteiger partial charge in [-0.15, -0.1) is 0 Å². The Balaban J connectivity index is 1.58. The van der Waals surface area contributed by atoms with Crippen LogP contribution in [0, 0.1) is 5.92 Å². The number of ether oxygens (including phenoxy) is 1. The Kier molecular flexibility index (Phi) is 6.50. The van der Waals surface area contributed by atoms with Gasteiger partial charge in [0, 0.05) is 32.7 Å². The number of nitrogens with zero attached hydrogens (tertiary/aromatic N) is 3. The molecule has 0 bridgehead atoms. The monoisotopic (exact) mass is 493 g/mol. The Labute approximate surface area is 194 Å². The van der Waals surface area contributed by atoms with Crippen LogP contribution in [0.4, 0.5) is 5.69 Å². The van der Waals surface area contributed by atoms with E-state index in [4.69, 9.17) is 4.74 Å². The number of carbonyl (C=O) groups is 1. The lowest BCUT2D eigenvalue weighted by Gasteiger charge is -2.34. The van der Waals surface area contributed by atoms with Crippen LogP contribution >= 0.6 is 0 Å². The molecule has 33 heavy (non-hydrogen) atoms. The number of methoxy groups -OCH3 is 1. The Morgan fingerprint density at radius 1 is 1.03 bits per heavy atom. The molecule has 0 aliphatic carbocycles. The van der Waals surface area contributed by atoms with Gasteiger partial charge in [0.1, 0.15) is 10.6 Å². The lowest BCUT2D eigenvalue weighted by Crippen LogP contribution is -2.48. The number of benzene rings is 2. The largest absolute Gasteiger partial charge is 0.495 e. The Morgan fingerprint density at radius 3 is 2.27 bits per heavy atom. The molecule has 2 heterocycles. The topological polar surface area (TPSA) is 104 Å². The zero-order valence-electron chi connectivity index (χ0n) is 18.5. The standard InChI is InChI=1S/C22H27N3O6S2/c1-17-16-32(27,28)25(22(17)26)19-8-9-20(31-2)21(14-19)33(29,30)24-12-10-23(11-13-24)15-18-6-4-3-5-7-18/h3-9,14,17H,10-13,15-16H2,1-2H3/t17-/m0/s1. The minimum atomic E-state index is -3.97. The minimum Gasteiger partial charge on any atom is -0.495 e. The average Bonchev–Trinajstić information content (AvgIpc) is 3.00. The van der Waals surface area contributed by atoms with Crippen molar-refractivity contribution in [2.24, 2.45) is 5.92 Å². The Morgan fingerprint density at radius 2 is 1.70 bits per heavy atom. The maximum atomic E-state index is 13.5. The van der Waals surface area contributed by atoms with Gasteiger partial charge >= 0.3 is 0 Å². The van der Waals surface area contributed by atoms with E-state index < -0.39 is 31.9 Å². The summed E-state index contributed by atoms with van der Waals surface area (Å²) in [5.74, 6) is -1.46. The normalized spacial score (nSPS) is 21.9. The number of rotatable bonds is 6. The average molecular weight is 494 g/mol. The molecule has 1 atom stereocenters. The number of piperazine rings is 1. The third kappa shape index (κ3) is 4.63. The molecular weight excluding hydrogens is 466 g/mol. The van der Waals surface area contributed by atoms with Gasteiger partial charge in [0.2, 0.25) is 26.0 Å². The number of carbonyl (C=O) groups excluding carboxylic acids is 1. The summed E-state index contributed by atoms with van der Waals surface area (Å²) < 4.78 is 59.3. The Bertz CT molecular complexity index is 1240. The molecule has 0 saturated carbocycles. The van der Waals surface area contributed by atoms with E-state index in [9.17, 15) is 21.6 Å². The van der Waals surface area contributed by atoms with Gasteiger partial charge in [0.25, 0.3) is 0 Å². The summed E-state index contributed by atoms with van der Waals surface area (Å²) in [5, 5.41) is 0. The predicted octanol–water partition coefficient (Wildman–Crippen LogP) is 1.51. The van der Waals surface area contributed by atoms with Crippen LogP contribution in [0.25, 0.3) is 0 Å². The molecule has 0 spiro atoms. The zero-order chi connectivity index (χ0) is 23.8. The summed E-state index contributed by atoms with van der Waals surface area (Å²) >= 11 is 0. The van der Waals surface area contributed by atoms with E-state index in [1.807, 2.05) is 30.3 Å². The molecule has 2 saturated heterocycles. The van der Waals surface area contributed by atoms with Gasteiger partial charge in [-0.1, -0.05) is 37.3 Å². The fourth-order valence-electron chi connectivity index (χ4n) is 4.19. The molecule has 178 valence electrons. The maximum Gasteiger partial charge on any atom is 0.246 e. The van der Waals surface area contributed by atoms with Gasteiger partial charge in [-0.05, 0) is 23.8 Å². The molecule has 0 unspecified atom stereocenters. The van der Waals surface area contributed by atoms with Crippen molar-refractivity contribution in [3.05, 3.63) is 54.1 Å². The van der Waals surface area contributed by atoms with Gasteiger partial charge in [0.05, 0.1) is 24.5 Å². The van der Waals surface area contributed by atoms with Crippen LogP contribution in [0.3, 0.4) is 0 Å². The second-order valence-electron chi connectivity index (χ2n) is 8.28. The van der Waals surface area contributed by atoms with Crippen molar-refractivity contribution >= 4 is 31.6 Å². The van der Waals surface area contributed by atoms with E-state index in [2.05, 4.69) is 4.90 Å². The summed E-state index contributed by atoms with van der Waals surface area (Å²) in [4.78, 5) is 14.5. The van der Waals surface area contributed by atoms with Crippen molar-refractivity contribution in [2.75, 3.05) is 43.3 Å². The molecule has 2 aromatic rings. The van der Waals surface area contributed by atoms with Crippen LogP contribution in [0.15, 0.2) is 53.4 Å². The van der Waals surface area contributed by atoms with Gasteiger partial charge in [-0.3, -0.25) is 9.69 Å². The highest BCUT2D eigenvalue weighted by Gasteiger charge is 2.43. The van der Waals surface area contributed by atoms with Crippen LogP contribution in [-0.4, -0.2) is 71.0 Å². The highest BCUT2D eigenvalue weighted by atomic mass is 32.2. The quantitative estimate of drug-likeness (QED) is 0.601. The van der Waals surface area contributed by atoms with Crippen LogP contribution < -0.4 is 9.04 Å². The highest BCUT2D eigenvalue weighted by molar-refractivity contribution is 7.94. The summed E-state index contributed by atoms with van der Waals surface area (Å²) in [6.07, 6.45) is 0. The van der Waals surface area contributed by atoms with Crippen LogP contribution in [0.1, 0.15) is 12.5 Å². The van der Waals surface area contributed by atoms with E-state index in [1.54, 1.807) is 0 Å². The van der Waals surface area contributed by atoms with Crippen molar-refractivity contribution in [3.8, 4) is 5.75 Å². The summed E-state index contributed by atoms with van der Waals surface area (Å²) in [7, 11) is -6.47. The lowest BCUT2D eigenvalue weighted by molar-refractivity contribution is -0.119. The second-order valence-corrected chi connectivity index (χ2v) is 12.1. The molecule has 2 aliphatic heterocycles. The zero-order valence-corrected chi connectivity index (χ0v) is 20.2. The van der Waals surface area contributed by atoms with Gasteiger partial charge < -0.3 is 4.74 Å². The van der Waals surface area contributed by atoms with Crippen molar-refractivity contribution in [1.82, 2.24) is 9.21 Å². The first-order valence-corrected chi connectivity index (χ1v) is 13.7. The molecule has 4 rings (SSSR count). The molecule has 2 aliphatic rings. The number of amides is 1. The van der Waals surface area contributed by atoms with Crippen molar-refractivity contribution < 1.29 is 26.4 Å². The van der Waals surface area contributed by atoms with E-state index in [0.29, 0.717) is 30.5 Å². The van der Waals surface area contributed by atoms with Crippen LogP contribution in [0.5, 0.6) is 5.75 Å². The third-order valence-electron chi connectivity index (χ3n) is 5.94. The predicted molar refractivity (Wildman–Crippen MR) is 124 cm³/mol. The van der Waals surface area contributed by atoms with Crippen molar-refractivity contribution in [3.63, 3.8) is 0 Å². The molecule has 1 amide bonds. The number of anilines is 1. The fourth-order valence-corrected chi connectivity index (χ4v) is 7.60. The smallest absolute Gasteiger partial charge is 0.246 e. The van der Waals surface area contributed by atoms with Crippen LogP contribution in [0.2, 0.25) is 0 Å². The lowest BCUT2D eigenvalue weighted by atomic mass is 10.2. The van der Waals surface area contributed by atoms with E-state index in [0.717, 1.165) is 12.1 Å². The fraction of sp³-hybridized carbons (Fsp3) is 0.409. The number of hydrogen-bond acceptors (Lipinski definition) is 7. The van der Waals surface area contributed by atoms with Gasteiger partial charge in [0.15, 0.2) is 0 Å². The molecular formula is C22H27N3O6S2. The summed E-state index contributed by atoms with van der Waals surface area (Å²) in [5.41, 5.74) is 1.17. The summed E-state index contributed by atoms with van der Waals surface area (Å²) in [6, 6.07) is 14.0. The number of hydrogen-bond donors (Lipinski definition) is 0. The Hall–Kier alpha value is -2.47. The molecule has 11 heteroatoms. The summed E-state index contributed by atoms with van der Waals surface area (Å²) in [6.45, 7) is 3.98. The highest BCUT2D eigenvalue weighted by Crippen LogP contribution is 2.35. The first-order valence-electron chi connectivity index (χ1n) is 10.6. The van der Waals surface area contributed by atoms with E-state index in [1.165, 1.54) is 36.5 Å². The third-order valence-corrected chi connectivity index (χ3v) is 9.73. The molecule has 2 fully saturated rings. The van der Waals surface area contributed by atoms with Crippen LogP contribution in [-0.2, 0) is 31.4 Å². The SMILES string of the molecule is COc1ccc(N2C(=O)[C@@H](C)CS2(=O)=O)cc1S(=O)(=O)N1CCN(Cc2ccccc2)CC1. The second kappa shape index (κ2) is 9.05. The number of sulfonamides is 2. The van der Waals surface area contributed by atoms with Gasteiger partial charge in [-0.2, -0.15) is 4.31 Å². The maximum absolute atomic E-state index is 13.5. The molecule has 0 aromatic heterocycles. The van der Waals surface area contributed by atoms with Gasteiger partial charge in [-0.25, -0.2) is 21.1 Å². The minimum absolute atomic E-state index is 0.00596. The van der Waals surface area contributed by atoms with Crippen molar-refractivity contribution in [1.29, 1.82) is 0 Å². The molecule has 0 radical (unpaired) electrons. The van der Waals surface area contributed by atoms with E-state index in [-0.39, 0.29) is 22.1 Å². The van der Waals surface area contributed by atoms with Crippen molar-refractivity contribution in [2.45, 2.75) is 18.4 Å². The first-order chi connectivity index (χ1) is 15.6. The molecule has 2 aromatic carbocycles. The molecule has 9 nitrogen and oxygen atoms in total. The van der Waals surface area contributed by atoms with E-state index >= 15 is 0 Å². The molecule has 0 N–H and O–H groups in total.